The number of carbonyl (C=O) groups is 1. The number of benzene rings is 1. The summed E-state index contributed by atoms with van der Waals surface area (Å²) in [6, 6.07) is 5.36. The van der Waals surface area contributed by atoms with Gasteiger partial charge in [0.15, 0.2) is 5.82 Å². The lowest BCUT2D eigenvalue weighted by molar-refractivity contribution is 0.0822. The first-order valence-electron chi connectivity index (χ1n) is 9.97. The molecule has 2 N–H and O–H groups in total. The fourth-order valence-corrected chi connectivity index (χ4v) is 4.35. The third kappa shape index (κ3) is 3.58. The van der Waals surface area contributed by atoms with Gasteiger partial charge in [0.2, 0.25) is 0 Å². The highest BCUT2D eigenvalue weighted by atomic mass is 19.1. The molecule has 0 spiro atoms. The van der Waals surface area contributed by atoms with Gasteiger partial charge < -0.3 is 20.2 Å². The number of aromatic hydroxyl groups is 1. The Morgan fingerprint density at radius 1 is 1.20 bits per heavy atom. The molecule has 7 nitrogen and oxygen atoms in total. The average Bonchev–Trinajstić information content (AvgIpc) is 3.14. The molecule has 2 unspecified atom stereocenters. The molecule has 4 atom stereocenters. The minimum absolute atomic E-state index is 0.119. The quantitative estimate of drug-likeness (QED) is 0.795. The van der Waals surface area contributed by atoms with Gasteiger partial charge in [-0.1, -0.05) is 0 Å². The van der Waals surface area contributed by atoms with Gasteiger partial charge in [-0.15, -0.1) is 10.2 Å². The Morgan fingerprint density at radius 3 is 2.63 bits per heavy atom. The summed E-state index contributed by atoms with van der Waals surface area (Å²) < 4.78 is 29.3. The van der Waals surface area contributed by atoms with Crippen LogP contribution in [0.5, 0.6) is 5.75 Å². The molecule has 30 heavy (non-hydrogen) atoms. The Labute approximate surface area is 173 Å². The lowest BCUT2D eigenvalue weighted by Gasteiger charge is -2.38. The molecule has 2 bridgehead atoms. The fraction of sp³-hybridized carbons (Fsp3) is 0.476. The number of aromatic nitrogens is 2. The van der Waals surface area contributed by atoms with Crippen molar-refractivity contribution >= 4 is 11.7 Å². The van der Waals surface area contributed by atoms with E-state index in [2.05, 4.69) is 15.5 Å². The third-order valence-corrected chi connectivity index (χ3v) is 6.06. The Morgan fingerprint density at radius 2 is 1.97 bits per heavy atom. The van der Waals surface area contributed by atoms with E-state index in [0.717, 1.165) is 25.0 Å². The van der Waals surface area contributed by atoms with Gasteiger partial charge in [0.1, 0.15) is 17.7 Å². The van der Waals surface area contributed by atoms with Crippen LogP contribution < -0.4 is 10.2 Å². The van der Waals surface area contributed by atoms with Crippen LogP contribution in [0.2, 0.25) is 0 Å². The molecule has 2 aromatic rings. The summed E-state index contributed by atoms with van der Waals surface area (Å²) in [5.74, 6) is -1.06. The molecule has 0 aliphatic carbocycles. The van der Waals surface area contributed by atoms with E-state index in [1.165, 1.54) is 19.0 Å². The number of hydrogen-bond acceptors (Lipinski definition) is 6. The predicted molar refractivity (Wildman–Crippen MR) is 109 cm³/mol. The van der Waals surface area contributed by atoms with Crippen molar-refractivity contribution in [2.45, 2.75) is 43.6 Å². The van der Waals surface area contributed by atoms with Gasteiger partial charge >= 0.3 is 0 Å². The second kappa shape index (κ2) is 7.79. The average molecular weight is 417 g/mol. The number of hydrogen-bond donors (Lipinski definition) is 2. The zero-order valence-electron chi connectivity index (χ0n) is 17.1. The summed E-state index contributed by atoms with van der Waals surface area (Å²) in [6.07, 6.45) is 1.54. The van der Waals surface area contributed by atoms with E-state index in [1.54, 1.807) is 24.1 Å². The van der Waals surface area contributed by atoms with Crippen LogP contribution in [0, 0.1) is 5.82 Å². The lowest BCUT2D eigenvalue weighted by atomic mass is 9.96. The number of amides is 1. The summed E-state index contributed by atoms with van der Waals surface area (Å²) in [4.78, 5) is 15.0. The molecule has 1 amide bonds. The van der Waals surface area contributed by atoms with Crippen molar-refractivity contribution in [2.75, 3.05) is 26.0 Å². The highest BCUT2D eigenvalue weighted by Gasteiger charge is 2.43. The molecular formula is C21H25F2N5O2. The van der Waals surface area contributed by atoms with Gasteiger partial charge in [0, 0.05) is 38.8 Å². The number of rotatable bonds is 4. The van der Waals surface area contributed by atoms with Crippen LogP contribution in [0.4, 0.5) is 14.6 Å². The van der Waals surface area contributed by atoms with Crippen molar-refractivity contribution in [3.8, 4) is 17.0 Å². The molecule has 1 aromatic carbocycles. The van der Waals surface area contributed by atoms with E-state index in [1.807, 2.05) is 0 Å². The first-order valence-corrected chi connectivity index (χ1v) is 9.97. The van der Waals surface area contributed by atoms with Crippen molar-refractivity contribution in [3.05, 3.63) is 35.6 Å². The molecule has 1 aromatic heterocycles. The van der Waals surface area contributed by atoms with E-state index in [9.17, 15) is 18.7 Å². The molecular weight excluding hydrogens is 392 g/mol. The number of piperidine rings is 1. The second-order valence-corrected chi connectivity index (χ2v) is 8.23. The van der Waals surface area contributed by atoms with E-state index >= 15 is 0 Å². The Bertz CT molecular complexity index is 953. The number of alkyl halides is 1. The van der Waals surface area contributed by atoms with Gasteiger partial charge in [-0.3, -0.25) is 4.79 Å². The zero-order chi connectivity index (χ0) is 21.6. The van der Waals surface area contributed by atoms with Gasteiger partial charge in [-0.25, -0.2) is 8.78 Å². The van der Waals surface area contributed by atoms with Gasteiger partial charge in [0.05, 0.1) is 17.3 Å². The molecule has 0 saturated carbocycles. The number of phenols is 1. The number of anilines is 1. The van der Waals surface area contributed by atoms with Crippen LogP contribution in [0.1, 0.15) is 29.6 Å². The summed E-state index contributed by atoms with van der Waals surface area (Å²) >= 11 is 0. The monoisotopic (exact) mass is 417 g/mol. The Balaban J connectivity index is 1.56. The van der Waals surface area contributed by atoms with E-state index in [-0.39, 0.29) is 34.7 Å². The van der Waals surface area contributed by atoms with E-state index in [0.29, 0.717) is 18.3 Å². The van der Waals surface area contributed by atoms with Crippen LogP contribution in [-0.4, -0.2) is 71.6 Å². The van der Waals surface area contributed by atoms with Crippen molar-refractivity contribution < 1.29 is 18.7 Å². The number of halogens is 2. The van der Waals surface area contributed by atoms with Gasteiger partial charge in [0.25, 0.3) is 5.91 Å². The highest BCUT2D eigenvalue weighted by Crippen LogP contribution is 2.34. The minimum Gasteiger partial charge on any atom is -0.507 e. The van der Waals surface area contributed by atoms with Crippen molar-refractivity contribution in [1.82, 2.24) is 20.4 Å². The smallest absolute Gasteiger partial charge is 0.256 e. The van der Waals surface area contributed by atoms with Crippen LogP contribution in [0.3, 0.4) is 0 Å². The summed E-state index contributed by atoms with van der Waals surface area (Å²) in [5.41, 5.74) is 0.169. The standard InChI is InChI=1S/C21H25F2N5O2/c1-27(2)21(30)12-10-18(29)13(9-14(12)22)15-6-7-19(26-25-15)28(3)17-8-11-4-5-16(24-11)20(17)23/h6-7,9-11,16-17,20,24,29H,4-5,8H2,1-3H3/t11?,16?,17-,20+/m0/s1. The molecule has 2 saturated heterocycles. The molecule has 2 aliphatic rings. The van der Waals surface area contributed by atoms with Crippen molar-refractivity contribution in [1.29, 1.82) is 0 Å². The molecule has 4 rings (SSSR count). The summed E-state index contributed by atoms with van der Waals surface area (Å²) in [7, 11) is 4.80. The number of phenolic OH excluding ortho intramolecular Hbond substituents is 1. The first kappa shape index (κ1) is 20.5. The van der Waals surface area contributed by atoms with Crippen molar-refractivity contribution in [3.63, 3.8) is 0 Å². The number of fused-ring (bicyclic) bond motifs is 2. The van der Waals surface area contributed by atoms with Crippen LogP contribution in [0.15, 0.2) is 24.3 Å². The molecule has 2 aliphatic heterocycles. The predicted octanol–water partition coefficient (Wildman–Crippen LogP) is 2.36. The maximum Gasteiger partial charge on any atom is 0.256 e. The molecule has 160 valence electrons. The number of nitrogens with one attached hydrogen (secondary N) is 1. The number of nitrogens with zero attached hydrogens (tertiary/aromatic N) is 4. The van der Waals surface area contributed by atoms with Gasteiger partial charge in [-0.05, 0) is 43.5 Å². The number of carbonyl (C=O) groups excluding carboxylic acids is 1. The maximum atomic E-state index is 14.8. The molecule has 0 radical (unpaired) electrons. The maximum absolute atomic E-state index is 14.8. The summed E-state index contributed by atoms with van der Waals surface area (Å²) in [6.45, 7) is 0. The van der Waals surface area contributed by atoms with Crippen molar-refractivity contribution in [2.24, 2.45) is 0 Å². The topological polar surface area (TPSA) is 81.6 Å². The molecule has 3 heterocycles. The minimum atomic E-state index is -0.991. The SMILES string of the molecule is CN(C)C(=O)c1cc(O)c(-c2ccc(N(C)[C@H]3CC4CCC(N4)[C@H]3F)nn2)cc1F. The zero-order valence-corrected chi connectivity index (χ0v) is 17.1. The second-order valence-electron chi connectivity index (χ2n) is 8.23. The van der Waals surface area contributed by atoms with E-state index < -0.39 is 17.9 Å². The Kier molecular flexibility index (Phi) is 5.31. The molecule has 9 heteroatoms. The molecule has 2 fully saturated rings. The first-order chi connectivity index (χ1) is 14.3. The lowest BCUT2D eigenvalue weighted by Crippen LogP contribution is -2.55. The van der Waals surface area contributed by atoms with Crippen LogP contribution in [0.25, 0.3) is 11.3 Å². The Hall–Kier alpha value is -2.81. The highest BCUT2D eigenvalue weighted by molar-refractivity contribution is 5.95. The normalized spacial score (nSPS) is 25.2. The van der Waals surface area contributed by atoms with Crippen LogP contribution in [-0.2, 0) is 0 Å². The van der Waals surface area contributed by atoms with E-state index in [4.69, 9.17) is 0 Å². The van der Waals surface area contributed by atoms with Gasteiger partial charge in [-0.2, -0.15) is 0 Å². The third-order valence-electron chi connectivity index (χ3n) is 6.06. The van der Waals surface area contributed by atoms with Crippen LogP contribution >= 0.6 is 0 Å². The fourth-order valence-electron chi connectivity index (χ4n) is 4.35. The summed E-state index contributed by atoms with van der Waals surface area (Å²) in [5, 5.41) is 21.9. The largest absolute Gasteiger partial charge is 0.507 e.